The minimum absolute atomic E-state index is 0.0907. The maximum atomic E-state index is 12.7. The third-order valence-electron chi connectivity index (χ3n) is 5.41. The van der Waals surface area contributed by atoms with Crippen LogP contribution in [0.5, 0.6) is 11.5 Å². The summed E-state index contributed by atoms with van der Waals surface area (Å²) < 4.78 is 10.7. The van der Waals surface area contributed by atoms with Crippen molar-refractivity contribution in [1.82, 2.24) is 9.80 Å². The smallest absolute Gasteiger partial charge is 0.254 e. The minimum Gasteiger partial charge on any atom is -0.454 e. The number of nitrogens with zero attached hydrogens (tertiary/aromatic N) is 2. The van der Waals surface area contributed by atoms with Crippen molar-refractivity contribution in [3.63, 3.8) is 0 Å². The van der Waals surface area contributed by atoms with Crippen LogP contribution in [-0.4, -0.2) is 55.2 Å². The highest BCUT2D eigenvalue weighted by Gasteiger charge is 2.24. The van der Waals surface area contributed by atoms with E-state index in [1.54, 1.807) is 11.6 Å². The summed E-state index contributed by atoms with van der Waals surface area (Å²) in [4.78, 5) is 17.2. The second-order valence-corrected chi connectivity index (χ2v) is 7.06. The second kappa shape index (κ2) is 7.48. The molecule has 0 spiro atoms. The Balaban J connectivity index is 1.28. The van der Waals surface area contributed by atoms with Crippen molar-refractivity contribution in [2.45, 2.75) is 32.1 Å². The molecule has 2 aliphatic heterocycles. The molecule has 4 rings (SSSR count). The summed E-state index contributed by atoms with van der Waals surface area (Å²) >= 11 is 0. The predicted molar refractivity (Wildman–Crippen MR) is 96.1 cm³/mol. The third kappa shape index (κ3) is 3.82. The topological polar surface area (TPSA) is 42.0 Å². The van der Waals surface area contributed by atoms with E-state index in [1.165, 1.54) is 32.1 Å². The number of ether oxygens (including phenoxy) is 2. The minimum atomic E-state index is 0.0907. The molecule has 0 saturated carbocycles. The van der Waals surface area contributed by atoms with Gasteiger partial charge in [0.05, 0.1) is 0 Å². The van der Waals surface area contributed by atoms with Crippen molar-refractivity contribution in [3.05, 3.63) is 35.4 Å². The van der Waals surface area contributed by atoms with E-state index in [4.69, 9.17) is 9.47 Å². The summed E-state index contributed by atoms with van der Waals surface area (Å²) in [6.45, 7) is 4.88. The van der Waals surface area contributed by atoms with Gasteiger partial charge in [0.2, 0.25) is 6.79 Å². The van der Waals surface area contributed by atoms with E-state index < -0.39 is 0 Å². The Hall–Kier alpha value is -2.01. The summed E-state index contributed by atoms with van der Waals surface area (Å²) in [5, 5.41) is 0. The van der Waals surface area contributed by atoms with E-state index in [1.807, 2.05) is 17.0 Å². The van der Waals surface area contributed by atoms with E-state index >= 15 is 0 Å². The van der Waals surface area contributed by atoms with Crippen molar-refractivity contribution in [2.75, 3.05) is 39.5 Å². The van der Waals surface area contributed by atoms with E-state index in [0.29, 0.717) is 11.3 Å². The Labute approximate surface area is 149 Å². The number of fused-ring (bicyclic) bond motifs is 1. The highest BCUT2D eigenvalue weighted by molar-refractivity contribution is 5.95. The number of benzene rings is 1. The van der Waals surface area contributed by atoms with Gasteiger partial charge in [-0.3, -0.25) is 9.69 Å². The number of carbonyl (C=O) groups excluding carboxylic acids is 1. The van der Waals surface area contributed by atoms with Crippen molar-refractivity contribution < 1.29 is 14.3 Å². The zero-order chi connectivity index (χ0) is 17.1. The fraction of sp³-hybridized carbons (Fsp3) is 0.550. The Bertz CT molecular complexity index is 663. The predicted octanol–water partition coefficient (Wildman–Crippen LogP) is 3.06. The van der Waals surface area contributed by atoms with Crippen LogP contribution in [0.25, 0.3) is 0 Å². The normalized spacial score (nSPS) is 20.5. The highest BCUT2D eigenvalue weighted by Crippen LogP contribution is 2.32. The monoisotopic (exact) mass is 342 g/mol. The summed E-state index contributed by atoms with van der Waals surface area (Å²) in [5.41, 5.74) is 2.31. The average molecular weight is 342 g/mol. The first kappa shape index (κ1) is 16.5. The quantitative estimate of drug-likeness (QED) is 0.789. The standard InChI is InChI=1S/C20H26N2O3/c23-20(17-6-7-18-19(14-17)25-15-24-18)22-12-10-21(11-13-22)9-8-16-4-2-1-3-5-16/h4,6-7,14H,1-3,5,8-13,15H2. The first-order chi connectivity index (χ1) is 12.3. The lowest BCUT2D eigenvalue weighted by molar-refractivity contribution is 0.0638. The second-order valence-electron chi connectivity index (χ2n) is 7.06. The number of carbonyl (C=O) groups is 1. The van der Waals surface area contributed by atoms with Crippen LogP contribution in [0.1, 0.15) is 42.5 Å². The Morgan fingerprint density at radius 3 is 2.68 bits per heavy atom. The lowest BCUT2D eigenvalue weighted by Gasteiger charge is -2.35. The molecule has 0 aromatic heterocycles. The Morgan fingerprint density at radius 1 is 1.04 bits per heavy atom. The maximum Gasteiger partial charge on any atom is 0.254 e. The molecule has 0 radical (unpaired) electrons. The van der Waals surface area contributed by atoms with Crippen molar-refractivity contribution in [3.8, 4) is 11.5 Å². The molecule has 25 heavy (non-hydrogen) atoms. The van der Waals surface area contributed by atoms with Gasteiger partial charge in [0.25, 0.3) is 5.91 Å². The molecule has 1 saturated heterocycles. The van der Waals surface area contributed by atoms with E-state index in [-0.39, 0.29) is 12.7 Å². The van der Waals surface area contributed by atoms with Crippen LogP contribution < -0.4 is 9.47 Å². The zero-order valence-corrected chi connectivity index (χ0v) is 14.7. The fourth-order valence-corrected chi connectivity index (χ4v) is 3.82. The molecule has 1 amide bonds. The van der Waals surface area contributed by atoms with Gasteiger partial charge >= 0.3 is 0 Å². The number of amides is 1. The molecule has 0 N–H and O–H groups in total. The first-order valence-corrected chi connectivity index (χ1v) is 9.39. The first-order valence-electron chi connectivity index (χ1n) is 9.39. The molecular formula is C20H26N2O3. The Morgan fingerprint density at radius 2 is 1.88 bits per heavy atom. The van der Waals surface area contributed by atoms with Crippen LogP contribution in [-0.2, 0) is 0 Å². The van der Waals surface area contributed by atoms with Gasteiger partial charge in [-0.05, 0) is 50.3 Å². The third-order valence-corrected chi connectivity index (χ3v) is 5.41. The number of hydrogen-bond acceptors (Lipinski definition) is 4. The summed E-state index contributed by atoms with van der Waals surface area (Å²) in [6, 6.07) is 5.45. The SMILES string of the molecule is O=C(c1ccc2c(c1)OCO2)N1CCN(CCC2=CCCCC2)CC1. The molecular weight excluding hydrogens is 316 g/mol. The molecule has 1 aromatic rings. The van der Waals surface area contributed by atoms with E-state index in [9.17, 15) is 4.79 Å². The van der Waals surface area contributed by atoms with Gasteiger partial charge in [0.15, 0.2) is 11.5 Å². The lowest BCUT2D eigenvalue weighted by Crippen LogP contribution is -2.48. The highest BCUT2D eigenvalue weighted by atomic mass is 16.7. The van der Waals surface area contributed by atoms with Gasteiger partial charge in [0.1, 0.15) is 0 Å². The molecule has 1 aliphatic carbocycles. The van der Waals surface area contributed by atoms with Gasteiger partial charge in [-0.1, -0.05) is 11.6 Å². The van der Waals surface area contributed by atoms with Crippen molar-refractivity contribution in [1.29, 1.82) is 0 Å². The molecule has 5 heteroatoms. The Kier molecular flexibility index (Phi) is 4.92. The van der Waals surface area contributed by atoms with Gasteiger partial charge in [-0.25, -0.2) is 0 Å². The van der Waals surface area contributed by atoms with Gasteiger partial charge in [-0.15, -0.1) is 0 Å². The summed E-state index contributed by atoms with van der Waals surface area (Å²) in [7, 11) is 0. The van der Waals surface area contributed by atoms with Crippen LogP contribution in [0.4, 0.5) is 0 Å². The van der Waals surface area contributed by atoms with Gasteiger partial charge in [0, 0.05) is 38.3 Å². The van der Waals surface area contributed by atoms with E-state index in [0.717, 1.165) is 38.5 Å². The number of hydrogen-bond donors (Lipinski definition) is 0. The largest absolute Gasteiger partial charge is 0.454 e. The molecule has 0 bridgehead atoms. The molecule has 0 atom stereocenters. The average Bonchev–Trinajstić information content (AvgIpc) is 3.15. The molecule has 134 valence electrons. The lowest BCUT2D eigenvalue weighted by atomic mass is 9.97. The number of allylic oxidation sites excluding steroid dienone is 1. The van der Waals surface area contributed by atoms with Crippen molar-refractivity contribution >= 4 is 5.91 Å². The number of rotatable bonds is 4. The zero-order valence-electron chi connectivity index (χ0n) is 14.7. The van der Waals surface area contributed by atoms with Gasteiger partial charge in [-0.2, -0.15) is 0 Å². The maximum absolute atomic E-state index is 12.7. The molecule has 3 aliphatic rings. The molecule has 2 heterocycles. The van der Waals surface area contributed by atoms with Crippen LogP contribution >= 0.6 is 0 Å². The van der Waals surface area contributed by atoms with Crippen LogP contribution in [0, 0.1) is 0 Å². The van der Waals surface area contributed by atoms with Crippen LogP contribution in [0.3, 0.4) is 0 Å². The molecule has 5 nitrogen and oxygen atoms in total. The fourth-order valence-electron chi connectivity index (χ4n) is 3.82. The van der Waals surface area contributed by atoms with Crippen LogP contribution in [0.15, 0.2) is 29.8 Å². The summed E-state index contributed by atoms with van der Waals surface area (Å²) in [6.07, 6.45) is 8.86. The molecule has 1 fully saturated rings. The molecule has 0 unspecified atom stereocenters. The van der Waals surface area contributed by atoms with Crippen LogP contribution in [0.2, 0.25) is 0 Å². The van der Waals surface area contributed by atoms with E-state index in [2.05, 4.69) is 11.0 Å². The number of piperazine rings is 1. The van der Waals surface area contributed by atoms with Crippen molar-refractivity contribution in [2.24, 2.45) is 0 Å². The molecule has 1 aromatic carbocycles. The summed E-state index contributed by atoms with van der Waals surface area (Å²) in [5.74, 6) is 1.48. The van der Waals surface area contributed by atoms with Gasteiger partial charge < -0.3 is 14.4 Å².